The molecule has 0 amide bonds. The zero-order valence-corrected chi connectivity index (χ0v) is 9.51. The van der Waals surface area contributed by atoms with Crippen molar-refractivity contribution < 1.29 is 4.74 Å². The van der Waals surface area contributed by atoms with Gasteiger partial charge in [0.05, 0.1) is 7.11 Å². The molecule has 0 saturated heterocycles. The predicted molar refractivity (Wildman–Crippen MR) is 62.0 cm³/mol. The van der Waals surface area contributed by atoms with Crippen LogP contribution in [0.5, 0.6) is 5.75 Å². The van der Waals surface area contributed by atoms with Gasteiger partial charge in [0.2, 0.25) is 0 Å². The molecule has 0 bridgehead atoms. The molecule has 0 heterocycles. The van der Waals surface area contributed by atoms with E-state index in [2.05, 4.69) is 13.0 Å². The van der Waals surface area contributed by atoms with Crippen LogP contribution in [-0.4, -0.2) is 18.9 Å². The van der Waals surface area contributed by atoms with Crippen LogP contribution in [0.3, 0.4) is 0 Å². The summed E-state index contributed by atoms with van der Waals surface area (Å²) in [6.45, 7) is 2.10. The lowest BCUT2D eigenvalue weighted by molar-refractivity contribution is 0.405. The fourth-order valence-corrected chi connectivity index (χ4v) is 2.15. The Bertz CT molecular complexity index is 278. The standard InChI is InChI=1S/C11H17NOS/c1-3-9(12)8-14-11-7-5-4-6-10(11)13-2/h4-7,9H,3,8,12H2,1-2H3. The molecule has 0 aliphatic heterocycles. The Hall–Kier alpha value is -0.670. The zero-order valence-electron chi connectivity index (χ0n) is 8.69. The number of benzene rings is 1. The van der Waals surface area contributed by atoms with Crippen molar-refractivity contribution in [3.05, 3.63) is 24.3 Å². The second-order valence-corrected chi connectivity index (χ2v) is 4.19. The summed E-state index contributed by atoms with van der Waals surface area (Å²) < 4.78 is 5.25. The van der Waals surface area contributed by atoms with Crippen LogP contribution in [-0.2, 0) is 0 Å². The monoisotopic (exact) mass is 211 g/mol. The fraction of sp³-hybridized carbons (Fsp3) is 0.455. The minimum Gasteiger partial charge on any atom is -0.496 e. The number of nitrogens with two attached hydrogens (primary N) is 1. The summed E-state index contributed by atoms with van der Waals surface area (Å²) in [5.41, 5.74) is 5.85. The SMILES string of the molecule is CCC(N)CSc1ccccc1OC. The van der Waals surface area contributed by atoms with Crippen molar-refractivity contribution in [2.75, 3.05) is 12.9 Å². The topological polar surface area (TPSA) is 35.2 Å². The molecule has 0 fully saturated rings. The van der Waals surface area contributed by atoms with Crippen molar-refractivity contribution in [3.63, 3.8) is 0 Å². The summed E-state index contributed by atoms with van der Waals surface area (Å²) in [5.74, 6) is 1.87. The van der Waals surface area contributed by atoms with Crippen LogP contribution >= 0.6 is 11.8 Å². The molecule has 0 aliphatic carbocycles. The predicted octanol–water partition coefficient (Wildman–Crippen LogP) is 2.52. The number of rotatable bonds is 5. The van der Waals surface area contributed by atoms with Crippen LogP contribution in [0, 0.1) is 0 Å². The molecular weight excluding hydrogens is 194 g/mol. The van der Waals surface area contributed by atoms with Gasteiger partial charge in [0.1, 0.15) is 5.75 Å². The minimum atomic E-state index is 0.268. The number of para-hydroxylation sites is 1. The summed E-state index contributed by atoms with van der Waals surface area (Å²) >= 11 is 1.75. The van der Waals surface area contributed by atoms with Gasteiger partial charge in [-0.3, -0.25) is 0 Å². The Morgan fingerprint density at radius 1 is 1.43 bits per heavy atom. The van der Waals surface area contributed by atoms with Crippen molar-refractivity contribution in [2.45, 2.75) is 24.3 Å². The second kappa shape index (κ2) is 5.94. The number of hydrogen-bond acceptors (Lipinski definition) is 3. The molecule has 0 saturated carbocycles. The molecule has 1 atom stereocenters. The molecule has 2 N–H and O–H groups in total. The molecule has 3 heteroatoms. The molecular formula is C11H17NOS. The van der Waals surface area contributed by atoms with Gasteiger partial charge in [-0.25, -0.2) is 0 Å². The summed E-state index contributed by atoms with van der Waals surface area (Å²) in [6.07, 6.45) is 1.02. The van der Waals surface area contributed by atoms with E-state index in [4.69, 9.17) is 10.5 Å². The van der Waals surface area contributed by atoms with E-state index in [-0.39, 0.29) is 6.04 Å². The maximum absolute atomic E-state index is 5.85. The third kappa shape index (κ3) is 3.24. The highest BCUT2D eigenvalue weighted by Crippen LogP contribution is 2.28. The van der Waals surface area contributed by atoms with Gasteiger partial charge in [0.25, 0.3) is 0 Å². The first-order chi connectivity index (χ1) is 6.77. The van der Waals surface area contributed by atoms with Crippen molar-refractivity contribution in [2.24, 2.45) is 5.73 Å². The average molecular weight is 211 g/mol. The van der Waals surface area contributed by atoms with Gasteiger partial charge >= 0.3 is 0 Å². The molecule has 1 aromatic carbocycles. The average Bonchev–Trinajstić information content (AvgIpc) is 2.26. The lowest BCUT2D eigenvalue weighted by Crippen LogP contribution is -2.21. The van der Waals surface area contributed by atoms with Gasteiger partial charge in [-0.15, -0.1) is 11.8 Å². The van der Waals surface area contributed by atoms with Crippen LogP contribution < -0.4 is 10.5 Å². The van der Waals surface area contributed by atoms with Crippen LogP contribution in [0.4, 0.5) is 0 Å². The third-order valence-corrected chi connectivity index (χ3v) is 3.29. The van der Waals surface area contributed by atoms with Gasteiger partial charge < -0.3 is 10.5 Å². The molecule has 2 nitrogen and oxygen atoms in total. The first kappa shape index (κ1) is 11.4. The van der Waals surface area contributed by atoms with E-state index in [1.165, 1.54) is 4.90 Å². The first-order valence-corrected chi connectivity index (χ1v) is 5.78. The van der Waals surface area contributed by atoms with Crippen molar-refractivity contribution in [1.82, 2.24) is 0 Å². The molecule has 0 aliphatic rings. The number of thioether (sulfide) groups is 1. The van der Waals surface area contributed by atoms with E-state index >= 15 is 0 Å². The number of ether oxygens (including phenoxy) is 1. The minimum absolute atomic E-state index is 0.268. The highest BCUT2D eigenvalue weighted by atomic mass is 32.2. The number of hydrogen-bond donors (Lipinski definition) is 1. The lowest BCUT2D eigenvalue weighted by Gasteiger charge is -2.10. The summed E-state index contributed by atoms with van der Waals surface area (Å²) in [6, 6.07) is 8.29. The highest BCUT2D eigenvalue weighted by molar-refractivity contribution is 7.99. The van der Waals surface area contributed by atoms with E-state index < -0.39 is 0 Å². The lowest BCUT2D eigenvalue weighted by atomic mass is 10.3. The van der Waals surface area contributed by atoms with Gasteiger partial charge in [-0.05, 0) is 18.6 Å². The van der Waals surface area contributed by atoms with Crippen LogP contribution in [0.1, 0.15) is 13.3 Å². The molecule has 14 heavy (non-hydrogen) atoms. The van der Waals surface area contributed by atoms with Gasteiger partial charge in [0, 0.05) is 16.7 Å². The maximum atomic E-state index is 5.85. The Balaban J connectivity index is 2.57. The molecule has 0 spiro atoms. The third-order valence-electron chi connectivity index (χ3n) is 2.05. The largest absolute Gasteiger partial charge is 0.496 e. The highest BCUT2D eigenvalue weighted by Gasteiger charge is 2.04. The van der Waals surface area contributed by atoms with Crippen LogP contribution in [0.25, 0.3) is 0 Å². The van der Waals surface area contributed by atoms with E-state index in [1.54, 1.807) is 18.9 Å². The zero-order chi connectivity index (χ0) is 10.4. The number of methoxy groups -OCH3 is 1. The summed E-state index contributed by atoms with van der Waals surface area (Å²) in [7, 11) is 1.69. The Morgan fingerprint density at radius 3 is 2.79 bits per heavy atom. The van der Waals surface area contributed by atoms with Gasteiger partial charge in [0.15, 0.2) is 0 Å². The van der Waals surface area contributed by atoms with Crippen molar-refractivity contribution in [1.29, 1.82) is 0 Å². The quantitative estimate of drug-likeness (QED) is 0.760. The Labute approximate surface area is 89.8 Å². The Morgan fingerprint density at radius 2 is 2.14 bits per heavy atom. The molecule has 1 aromatic rings. The van der Waals surface area contributed by atoms with E-state index in [0.29, 0.717) is 0 Å². The van der Waals surface area contributed by atoms with Crippen molar-refractivity contribution >= 4 is 11.8 Å². The van der Waals surface area contributed by atoms with Gasteiger partial charge in [-0.1, -0.05) is 19.1 Å². The molecule has 1 unspecified atom stereocenters. The van der Waals surface area contributed by atoms with Crippen LogP contribution in [0.2, 0.25) is 0 Å². The first-order valence-electron chi connectivity index (χ1n) is 4.79. The van der Waals surface area contributed by atoms with E-state index in [1.807, 2.05) is 18.2 Å². The van der Waals surface area contributed by atoms with E-state index in [0.717, 1.165) is 17.9 Å². The molecule has 1 rings (SSSR count). The molecule has 0 aromatic heterocycles. The molecule has 0 radical (unpaired) electrons. The maximum Gasteiger partial charge on any atom is 0.132 e. The normalized spacial score (nSPS) is 12.5. The second-order valence-electron chi connectivity index (χ2n) is 3.13. The van der Waals surface area contributed by atoms with Crippen molar-refractivity contribution in [3.8, 4) is 5.75 Å². The molecule has 78 valence electrons. The summed E-state index contributed by atoms with van der Waals surface area (Å²) in [4.78, 5) is 1.17. The fourth-order valence-electron chi connectivity index (χ4n) is 1.05. The van der Waals surface area contributed by atoms with Gasteiger partial charge in [-0.2, -0.15) is 0 Å². The van der Waals surface area contributed by atoms with Crippen LogP contribution in [0.15, 0.2) is 29.2 Å². The Kier molecular flexibility index (Phi) is 4.84. The smallest absolute Gasteiger partial charge is 0.132 e. The van der Waals surface area contributed by atoms with E-state index in [9.17, 15) is 0 Å². The summed E-state index contributed by atoms with van der Waals surface area (Å²) in [5, 5.41) is 0.